The van der Waals surface area contributed by atoms with E-state index < -0.39 is 0 Å². The molecule has 6 heteroatoms. The maximum absolute atomic E-state index is 12.7. The molecule has 0 radical (unpaired) electrons. The summed E-state index contributed by atoms with van der Waals surface area (Å²) in [4.78, 5) is 22.4. The van der Waals surface area contributed by atoms with E-state index in [0.29, 0.717) is 12.5 Å². The van der Waals surface area contributed by atoms with Crippen molar-refractivity contribution in [1.29, 1.82) is 0 Å². The monoisotopic (exact) mass is 454 g/mol. The van der Waals surface area contributed by atoms with Gasteiger partial charge in [0.15, 0.2) is 5.75 Å². The predicted octanol–water partition coefficient (Wildman–Crippen LogP) is 5.08. The molecule has 0 spiro atoms. The van der Waals surface area contributed by atoms with Gasteiger partial charge in [0.05, 0.1) is 12.0 Å². The molecule has 2 aliphatic rings. The van der Waals surface area contributed by atoms with Crippen LogP contribution in [0.5, 0.6) is 11.5 Å². The van der Waals surface area contributed by atoms with Crippen LogP contribution in [0.3, 0.4) is 0 Å². The quantitative estimate of drug-likeness (QED) is 0.598. The van der Waals surface area contributed by atoms with E-state index in [1.165, 1.54) is 0 Å². The Morgan fingerprint density at radius 3 is 2.50 bits per heavy atom. The number of hydrogen-bond acceptors (Lipinski definition) is 5. The van der Waals surface area contributed by atoms with Crippen LogP contribution >= 0.6 is 0 Å². The Kier molecular flexibility index (Phi) is 6.32. The van der Waals surface area contributed by atoms with Gasteiger partial charge in [-0.15, -0.1) is 0 Å². The number of amides is 1. The number of benzene rings is 3. The fraction of sp³-hybridized carbons (Fsp3) is 0.286. The van der Waals surface area contributed by atoms with Gasteiger partial charge in [0.1, 0.15) is 17.3 Å². The number of hydrogen-bond donors (Lipinski definition) is 1. The highest BCUT2D eigenvalue weighted by Gasteiger charge is 2.27. The second-order valence-corrected chi connectivity index (χ2v) is 9.11. The van der Waals surface area contributed by atoms with Gasteiger partial charge in [0.2, 0.25) is 5.91 Å². The lowest BCUT2D eigenvalue weighted by atomic mass is 10.0. The highest BCUT2D eigenvalue weighted by molar-refractivity contribution is 6.05. The minimum Gasteiger partial charge on any atom is -0.454 e. The van der Waals surface area contributed by atoms with Crippen LogP contribution in [-0.2, 0) is 11.2 Å². The summed E-state index contributed by atoms with van der Waals surface area (Å²) in [5.41, 5.74) is 3.44. The Morgan fingerprint density at radius 2 is 1.74 bits per heavy atom. The average molecular weight is 455 g/mol. The van der Waals surface area contributed by atoms with Crippen LogP contribution in [-0.4, -0.2) is 54.8 Å². The molecule has 1 amide bonds. The maximum Gasteiger partial charge on any atom is 0.228 e. The summed E-state index contributed by atoms with van der Waals surface area (Å²) in [5, 5.41) is 3.05. The van der Waals surface area contributed by atoms with Crippen LogP contribution in [0.15, 0.2) is 77.8 Å². The molecule has 0 aromatic heterocycles. The van der Waals surface area contributed by atoms with Crippen molar-refractivity contribution in [2.75, 3.05) is 32.5 Å². The van der Waals surface area contributed by atoms with Crippen molar-refractivity contribution in [2.24, 2.45) is 4.99 Å². The lowest BCUT2D eigenvalue weighted by Gasteiger charge is -2.37. The number of likely N-dealkylation sites (tertiary alicyclic amines) is 1. The van der Waals surface area contributed by atoms with Crippen molar-refractivity contribution in [1.82, 2.24) is 9.80 Å². The van der Waals surface area contributed by atoms with E-state index in [2.05, 4.69) is 29.2 Å². The van der Waals surface area contributed by atoms with Crippen molar-refractivity contribution in [3.05, 3.63) is 83.9 Å². The van der Waals surface area contributed by atoms with Crippen molar-refractivity contribution < 1.29 is 9.53 Å². The van der Waals surface area contributed by atoms with E-state index in [0.717, 1.165) is 65.8 Å². The molecule has 0 bridgehead atoms. The Morgan fingerprint density at radius 1 is 1.00 bits per heavy atom. The topological polar surface area (TPSA) is 57.2 Å². The summed E-state index contributed by atoms with van der Waals surface area (Å²) in [7, 11) is 4.29. The number of anilines is 1. The lowest BCUT2D eigenvalue weighted by Crippen LogP contribution is -2.44. The molecule has 6 nitrogen and oxygen atoms in total. The Bertz CT molecular complexity index is 1200. The van der Waals surface area contributed by atoms with E-state index in [1.807, 2.05) is 72.8 Å². The number of nitrogens with zero attached hydrogens (tertiary/aromatic N) is 3. The molecule has 3 aromatic rings. The van der Waals surface area contributed by atoms with Gasteiger partial charge in [-0.1, -0.05) is 42.5 Å². The molecule has 1 N–H and O–H groups in total. The Labute approximate surface area is 200 Å². The van der Waals surface area contributed by atoms with Crippen molar-refractivity contribution in [2.45, 2.75) is 25.3 Å². The largest absolute Gasteiger partial charge is 0.454 e. The third-order valence-corrected chi connectivity index (χ3v) is 6.52. The molecule has 0 unspecified atom stereocenters. The number of rotatable bonds is 4. The SMILES string of the molecule is CN(C)C1CCN(C2=Nc3ccccc3Oc3ccc(NC(=O)Cc4ccccc4)cc32)CC1. The van der Waals surface area contributed by atoms with Crippen LogP contribution < -0.4 is 10.1 Å². The summed E-state index contributed by atoms with van der Waals surface area (Å²) in [6.45, 7) is 1.85. The number of carbonyl (C=O) groups excluding carboxylic acids is 1. The highest BCUT2D eigenvalue weighted by atomic mass is 16.5. The second kappa shape index (κ2) is 9.69. The van der Waals surface area contributed by atoms with Gasteiger partial charge < -0.3 is 19.9 Å². The van der Waals surface area contributed by atoms with Crippen LogP contribution in [0.25, 0.3) is 0 Å². The predicted molar refractivity (Wildman–Crippen MR) is 136 cm³/mol. The number of piperidine rings is 1. The lowest BCUT2D eigenvalue weighted by molar-refractivity contribution is -0.115. The molecule has 174 valence electrons. The van der Waals surface area contributed by atoms with Gasteiger partial charge in [-0.05, 0) is 62.8 Å². The van der Waals surface area contributed by atoms with Crippen LogP contribution in [0.4, 0.5) is 11.4 Å². The molecule has 5 rings (SSSR count). The smallest absolute Gasteiger partial charge is 0.228 e. The first-order chi connectivity index (χ1) is 16.6. The van der Waals surface area contributed by atoms with Crippen molar-refractivity contribution >= 4 is 23.1 Å². The molecule has 1 saturated heterocycles. The van der Waals surface area contributed by atoms with Gasteiger partial charge in [0.25, 0.3) is 0 Å². The van der Waals surface area contributed by atoms with Gasteiger partial charge in [0, 0.05) is 24.8 Å². The van der Waals surface area contributed by atoms with E-state index >= 15 is 0 Å². The zero-order valence-corrected chi connectivity index (χ0v) is 19.7. The first-order valence-corrected chi connectivity index (χ1v) is 11.8. The Hall–Kier alpha value is -3.64. The van der Waals surface area contributed by atoms with Crippen molar-refractivity contribution in [3.63, 3.8) is 0 Å². The maximum atomic E-state index is 12.7. The molecule has 1 fully saturated rings. The van der Waals surface area contributed by atoms with E-state index in [4.69, 9.17) is 9.73 Å². The highest BCUT2D eigenvalue weighted by Crippen LogP contribution is 2.39. The van der Waals surface area contributed by atoms with Crippen LogP contribution in [0.1, 0.15) is 24.0 Å². The van der Waals surface area contributed by atoms with Gasteiger partial charge in [-0.3, -0.25) is 4.79 Å². The number of aliphatic imine (C=N–C) groups is 1. The zero-order chi connectivity index (χ0) is 23.5. The van der Waals surface area contributed by atoms with E-state index in [-0.39, 0.29) is 5.91 Å². The molecular weight excluding hydrogens is 424 g/mol. The molecular formula is C28H30N4O2. The molecule has 3 aromatic carbocycles. The summed E-state index contributed by atoms with van der Waals surface area (Å²) < 4.78 is 6.28. The average Bonchev–Trinajstić information content (AvgIpc) is 3.01. The first-order valence-electron chi connectivity index (χ1n) is 11.8. The molecule has 34 heavy (non-hydrogen) atoms. The third-order valence-electron chi connectivity index (χ3n) is 6.52. The standard InChI is InChI=1S/C28H30N4O2/c1-31(2)22-14-16-32(17-15-22)28-23-19-21(29-27(33)18-20-8-4-3-5-9-20)12-13-25(23)34-26-11-7-6-10-24(26)30-28/h3-13,19,22H,14-18H2,1-2H3,(H,29,33). The number of ether oxygens (including phenoxy) is 1. The molecule has 2 aliphatic heterocycles. The second-order valence-electron chi connectivity index (χ2n) is 9.11. The van der Waals surface area contributed by atoms with Gasteiger partial charge in [-0.2, -0.15) is 0 Å². The molecule has 0 aliphatic carbocycles. The molecule has 0 saturated carbocycles. The number of amidine groups is 1. The minimum atomic E-state index is -0.0470. The van der Waals surface area contributed by atoms with Gasteiger partial charge in [-0.25, -0.2) is 4.99 Å². The van der Waals surface area contributed by atoms with Crippen molar-refractivity contribution in [3.8, 4) is 11.5 Å². The summed E-state index contributed by atoms with van der Waals surface area (Å²) in [6, 6.07) is 24.0. The Balaban J connectivity index is 1.44. The van der Waals surface area contributed by atoms with E-state index in [1.54, 1.807) is 0 Å². The van der Waals surface area contributed by atoms with Crippen LogP contribution in [0.2, 0.25) is 0 Å². The summed E-state index contributed by atoms with van der Waals surface area (Å²) in [6.07, 6.45) is 2.49. The third kappa shape index (κ3) is 4.82. The van der Waals surface area contributed by atoms with Crippen LogP contribution in [0, 0.1) is 0 Å². The fourth-order valence-electron chi connectivity index (χ4n) is 4.62. The normalized spacial score (nSPS) is 15.6. The van der Waals surface area contributed by atoms with Gasteiger partial charge >= 0.3 is 0 Å². The number of nitrogens with one attached hydrogen (secondary N) is 1. The summed E-state index contributed by atoms with van der Waals surface area (Å²) in [5.74, 6) is 2.34. The summed E-state index contributed by atoms with van der Waals surface area (Å²) >= 11 is 0. The number of carbonyl (C=O) groups is 1. The number of para-hydroxylation sites is 2. The molecule has 0 atom stereocenters. The fourth-order valence-corrected chi connectivity index (χ4v) is 4.62. The minimum absolute atomic E-state index is 0.0470. The first kappa shape index (κ1) is 22.2. The van der Waals surface area contributed by atoms with E-state index in [9.17, 15) is 4.79 Å². The zero-order valence-electron chi connectivity index (χ0n) is 19.7. The molecule has 2 heterocycles. The number of fused-ring (bicyclic) bond motifs is 2.